The Morgan fingerprint density at radius 3 is 2.03 bits per heavy atom. The first-order chi connectivity index (χ1) is 14.8. The van der Waals surface area contributed by atoms with Gasteiger partial charge in [0.25, 0.3) is 0 Å². The summed E-state index contributed by atoms with van der Waals surface area (Å²) in [6.45, 7) is 2.00. The number of nitrogens with zero attached hydrogens (tertiary/aromatic N) is 1. The molecule has 0 heterocycles. The third-order valence-electron chi connectivity index (χ3n) is 5.06. The van der Waals surface area contributed by atoms with Gasteiger partial charge >= 0.3 is 18.1 Å². The van der Waals surface area contributed by atoms with Crippen molar-refractivity contribution in [3.8, 4) is 0 Å². The van der Waals surface area contributed by atoms with Crippen molar-refractivity contribution in [2.75, 3.05) is 11.4 Å². The van der Waals surface area contributed by atoms with Gasteiger partial charge in [0.1, 0.15) is 0 Å². The fraction of sp³-hybridized carbons (Fsp3) is 0.583. The number of aromatic carboxylic acids is 1. The Bertz CT molecular complexity index is 702. The van der Waals surface area contributed by atoms with Gasteiger partial charge in [0.2, 0.25) is 0 Å². The second kappa shape index (κ2) is 14.7. The number of amides is 1. The molecular weight excluding hydrogens is 407 g/mol. The van der Waals surface area contributed by atoms with E-state index >= 15 is 0 Å². The molecule has 0 radical (unpaired) electrons. The summed E-state index contributed by atoms with van der Waals surface area (Å²) in [6.07, 6.45) is 10.6. The number of carbonyl (C=O) groups is 2. The van der Waals surface area contributed by atoms with Crippen molar-refractivity contribution in [3.05, 3.63) is 42.0 Å². The lowest BCUT2D eigenvalue weighted by molar-refractivity contribution is -0.170. The minimum atomic E-state index is -5.07. The Labute approximate surface area is 183 Å². The maximum absolute atomic E-state index is 13.0. The van der Waals surface area contributed by atoms with Crippen LogP contribution in [0.15, 0.2) is 36.4 Å². The number of anilines is 1. The first kappa shape index (κ1) is 26.7. The lowest BCUT2D eigenvalue weighted by Gasteiger charge is -2.25. The number of unbranched alkanes of at least 4 members (excludes halogenated alkanes) is 9. The molecule has 1 aromatic carbocycles. The number of carboxylic acids is 1. The number of carbonyl (C=O) groups excluding carboxylic acids is 1. The van der Waals surface area contributed by atoms with Gasteiger partial charge in [-0.05, 0) is 37.8 Å². The van der Waals surface area contributed by atoms with Gasteiger partial charge in [-0.15, -0.1) is 0 Å². The monoisotopic (exact) mass is 441 g/mol. The Morgan fingerprint density at radius 2 is 1.45 bits per heavy atom. The fourth-order valence-electron chi connectivity index (χ4n) is 3.37. The smallest absolute Gasteiger partial charge is 0.471 e. The highest BCUT2D eigenvalue weighted by Gasteiger charge is 2.43. The van der Waals surface area contributed by atoms with E-state index in [0.717, 1.165) is 12.8 Å². The van der Waals surface area contributed by atoms with Crippen LogP contribution in [0.1, 0.15) is 87.9 Å². The molecule has 7 heteroatoms. The number of para-hydroxylation sites is 1. The quantitative estimate of drug-likeness (QED) is 0.232. The van der Waals surface area contributed by atoms with Crippen LogP contribution in [0.3, 0.4) is 0 Å². The van der Waals surface area contributed by atoms with E-state index in [1.165, 1.54) is 69.2 Å². The summed E-state index contributed by atoms with van der Waals surface area (Å²) in [5.74, 6) is -3.43. The van der Waals surface area contributed by atoms with Gasteiger partial charge in [0.05, 0.1) is 11.3 Å². The summed E-state index contributed by atoms with van der Waals surface area (Å²) in [6, 6.07) is 5.25. The summed E-state index contributed by atoms with van der Waals surface area (Å²) in [4.78, 5) is 23.8. The maximum atomic E-state index is 13.0. The second-order valence-electron chi connectivity index (χ2n) is 7.65. The molecule has 0 unspecified atom stereocenters. The van der Waals surface area contributed by atoms with Gasteiger partial charge in [0.15, 0.2) is 0 Å². The van der Waals surface area contributed by atoms with Crippen LogP contribution in [0.4, 0.5) is 18.9 Å². The molecule has 1 rings (SSSR count). The molecule has 1 aromatic rings. The minimum absolute atomic E-state index is 0.204. The lowest BCUT2D eigenvalue weighted by atomic mass is 10.1. The molecule has 1 amide bonds. The third-order valence-corrected chi connectivity index (χ3v) is 5.06. The lowest BCUT2D eigenvalue weighted by Crippen LogP contribution is -2.42. The highest BCUT2D eigenvalue weighted by molar-refractivity contribution is 6.03. The Kier molecular flexibility index (Phi) is 12.6. The third kappa shape index (κ3) is 10.5. The standard InChI is InChI=1S/C24H34F3NO3/c1-2-3-4-5-6-7-8-9-10-11-12-13-16-19-28(23(31)24(25,26)27)21-18-15-14-17-20(21)22(29)30/h11-12,14-15,17-18H,2-10,13,16,19H2,1H3,(H,29,30). The number of alkyl halides is 3. The average Bonchev–Trinajstić information content (AvgIpc) is 2.73. The summed E-state index contributed by atoms with van der Waals surface area (Å²) in [5, 5.41) is 9.25. The first-order valence-corrected chi connectivity index (χ1v) is 11.1. The summed E-state index contributed by atoms with van der Waals surface area (Å²) >= 11 is 0. The molecule has 31 heavy (non-hydrogen) atoms. The van der Waals surface area contributed by atoms with Gasteiger partial charge in [-0.3, -0.25) is 4.79 Å². The van der Waals surface area contributed by atoms with E-state index in [9.17, 15) is 27.9 Å². The molecule has 0 bridgehead atoms. The molecule has 0 aromatic heterocycles. The highest BCUT2D eigenvalue weighted by atomic mass is 19.4. The predicted octanol–water partition coefficient (Wildman–Crippen LogP) is 7.15. The molecule has 0 aliphatic heterocycles. The van der Waals surface area contributed by atoms with Crippen molar-refractivity contribution >= 4 is 17.6 Å². The van der Waals surface area contributed by atoms with Gasteiger partial charge in [0, 0.05) is 6.54 Å². The number of allylic oxidation sites excluding steroid dienone is 2. The molecule has 174 valence electrons. The van der Waals surface area contributed by atoms with Gasteiger partial charge in [-0.25, -0.2) is 4.79 Å². The number of rotatable bonds is 15. The van der Waals surface area contributed by atoms with Gasteiger partial charge in [-0.2, -0.15) is 13.2 Å². The van der Waals surface area contributed by atoms with E-state index in [0.29, 0.717) is 17.7 Å². The molecule has 0 aliphatic carbocycles. The molecule has 0 saturated heterocycles. The number of halogens is 3. The molecule has 0 fully saturated rings. The fourth-order valence-corrected chi connectivity index (χ4v) is 3.37. The van der Waals surface area contributed by atoms with Crippen LogP contribution in [-0.2, 0) is 4.79 Å². The van der Waals surface area contributed by atoms with E-state index in [-0.39, 0.29) is 17.8 Å². The van der Waals surface area contributed by atoms with E-state index in [1.807, 2.05) is 12.2 Å². The molecular formula is C24H34F3NO3. The number of carboxylic acid groups (broad SMARTS) is 1. The molecule has 1 N–H and O–H groups in total. The molecule has 0 aliphatic rings. The molecule has 0 atom stereocenters. The zero-order valence-corrected chi connectivity index (χ0v) is 18.3. The largest absolute Gasteiger partial charge is 0.478 e. The Morgan fingerprint density at radius 1 is 0.903 bits per heavy atom. The summed E-state index contributed by atoms with van der Waals surface area (Å²) in [5.41, 5.74) is -0.564. The van der Waals surface area contributed by atoms with Gasteiger partial charge < -0.3 is 10.0 Å². The van der Waals surface area contributed by atoms with Crippen molar-refractivity contribution in [2.45, 2.75) is 83.7 Å². The minimum Gasteiger partial charge on any atom is -0.478 e. The topological polar surface area (TPSA) is 57.6 Å². The van der Waals surface area contributed by atoms with Crippen molar-refractivity contribution in [3.63, 3.8) is 0 Å². The van der Waals surface area contributed by atoms with E-state index in [1.54, 1.807) is 0 Å². The normalized spacial score (nSPS) is 11.7. The van der Waals surface area contributed by atoms with Gasteiger partial charge in [-0.1, -0.05) is 76.2 Å². The Balaban J connectivity index is 2.47. The van der Waals surface area contributed by atoms with Crippen LogP contribution in [0.25, 0.3) is 0 Å². The van der Waals surface area contributed by atoms with Crippen molar-refractivity contribution in [2.24, 2.45) is 0 Å². The zero-order valence-electron chi connectivity index (χ0n) is 18.3. The maximum Gasteiger partial charge on any atom is 0.471 e. The van der Waals surface area contributed by atoms with Crippen LogP contribution < -0.4 is 4.90 Å². The van der Waals surface area contributed by atoms with Crippen LogP contribution >= 0.6 is 0 Å². The van der Waals surface area contributed by atoms with E-state index in [4.69, 9.17) is 0 Å². The Hall–Kier alpha value is -2.31. The van der Waals surface area contributed by atoms with Crippen molar-refractivity contribution in [1.29, 1.82) is 0 Å². The van der Waals surface area contributed by atoms with Crippen LogP contribution in [0.2, 0.25) is 0 Å². The average molecular weight is 442 g/mol. The van der Waals surface area contributed by atoms with Crippen LogP contribution in [0, 0.1) is 0 Å². The molecule has 0 saturated carbocycles. The molecule has 0 spiro atoms. The van der Waals surface area contributed by atoms with Crippen molar-refractivity contribution in [1.82, 2.24) is 0 Å². The van der Waals surface area contributed by atoms with E-state index < -0.39 is 18.1 Å². The van der Waals surface area contributed by atoms with Crippen LogP contribution in [0.5, 0.6) is 0 Å². The predicted molar refractivity (Wildman–Crippen MR) is 117 cm³/mol. The SMILES string of the molecule is CCCCCCCCCCC=CCCCN(C(=O)C(F)(F)F)c1ccccc1C(=O)O. The second-order valence-corrected chi connectivity index (χ2v) is 7.65. The number of hydrogen-bond acceptors (Lipinski definition) is 2. The zero-order chi connectivity index (χ0) is 23.1. The van der Waals surface area contributed by atoms with E-state index in [2.05, 4.69) is 6.92 Å². The first-order valence-electron chi connectivity index (χ1n) is 11.1. The summed E-state index contributed by atoms with van der Waals surface area (Å²) < 4.78 is 39.1. The number of benzene rings is 1. The summed E-state index contributed by atoms with van der Waals surface area (Å²) in [7, 11) is 0. The molecule has 4 nitrogen and oxygen atoms in total. The number of hydrogen-bond donors (Lipinski definition) is 1. The highest BCUT2D eigenvalue weighted by Crippen LogP contribution is 2.27. The van der Waals surface area contributed by atoms with Crippen LogP contribution in [-0.4, -0.2) is 29.7 Å². The van der Waals surface area contributed by atoms with Crippen molar-refractivity contribution < 1.29 is 27.9 Å².